The molecule has 12 nitrogen and oxygen atoms in total. The van der Waals surface area contributed by atoms with E-state index in [0.29, 0.717) is 36.0 Å². The number of aromatic amines is 2. The SMILES string of the molecule is CC(C)(C)OC(=O)NCc1ccc(-c2cnc3n[nH]c(N)c3c2)cc1.NCc1ccc(-c2cnc3n[nH]c(N)c3c2)cc1. The van der Waals surface area contributed by atoms with E-state index >= 15 is 0 Å². The number of hydrogen-bond acceptors (Lipinski definition) is 9. The molecule has 0 atom stereocenters. The van der Waals surface area contributed by atoms with E-state index in [4.69, 9.17) is 21.9 Å². The summed E-state index contributed by atoms with van der Waals surface area (Å²) in [6, 6.07) is 19.9. The highest BCUT2D eigenvalue weighted by Gasteiger charge is 2.15. The van der Waals surface area contributed by atoms with Gasteiger partial charge in [0.2, 0.25) is 0 Å². The van der Waals surface area contributed by atoms with Gasteiger partial charge in [0, 0.05) is 36.6 Å². The molecule has 6 rings (SSSR count). The lowest BCUT2D eigenvalue weighted by molar-refractivity contribution is 0.0523. The number of rotatable bonds is 5. The molecule has 1 amide bonds. The molecule has 6 aromatic rings. The average molecular weight is 579 g/mol. The molecule has 43 heavy (non-hydrogen) atoms. The van der Waals surface area contributed by atoms with Crippen molar-refractivity contribution in [2.75, 3.05) is 11.5 Å². The predicted octanol–water partition coefficient (Wildman–Crippen LogP) is 4.90. The Morgan fingerprint density at radius 2 is 1.23 bits per heavy atom. The Balaban J connectivity index is 0.000000180. The second kappa shape index (κ2) is 12.2. The first-order chi connectivity index (χ1) is 20.6. The second-order valence-electron chi connectivity index (χ2n) is 10.9. The van der Waals surface area contributed by atoms with Gasteiger partial charge >= 0.3 is 6.09 Å². The maximum absolute atomic E-state index is 11.7. The maximum atomic E-state index is 11.7. The molecule has 0 unspecified atom stereocenters. The van der Waals surface area contributed by atoms with Crippen LogP contribution in [-0.2, 0) is 17.8 Å². The zero-order chi connectivity index (χ0) is 30.6. The summed E-state index contributed by atoms with van der Waals surface area (Å²) in [5.74, 6) is 1.04. The lowest BCUT2D eigenvalue weighted by Crippen LogP contribution is -2.32. The van der Waals surface area contributed by atoms with Crippen LogP contribution in [0.4, 0.5) is 16.4 Å². The fraction of sp³-hybridized carbons (Fsp3) is 0.194. The number of fused-ring (bicyclic) bond motifs is 2. The summed E-state index contributed by atoms with van der Waals surface area (Å²) in [5, 5.41) is 17.8. The molecule has 4 aromatic heterocycles. The normalized spacial score (nSPS) is 11.3. The number of anilines is 2. The molecule has 0 saturated carbocycles. The number of benzene rings is 2. The van der Waals surface area contributed by atoms with Gasteiger partial charge in [-0.25, -0.2) is 14.8 Å². The van der Waals surface area contributed by atoms with Gasteiger partial charge in [0.25, 0.3) is 0 Å². The molecule has 0 aliphatic heterocycles. The minimum atomic E-state index is -0.505. The first-order valence-corrected chi connectivity index (χ1v) is 13.6. The topological polar surface area (TPSA) is 200 Å². The van der Waals surface area contributed by atoms with Crippen molar-refractivity contribution in [3.63, 3.8) is 0 Å². The lowest BCUT2D eigenvalue weighted by atomic mass is 10.0. The summed E-state index contributed by atoms with van der Waals surface area (Å²) in [5.41, 5.74) is 24.1. The Morgan fingerprint density at radius 1 is 0.767 bits per heavy atom. The highest BCUT2D eigenvalue weighted by atomic mass is 16.6. The van der Waals surface area contributed by atoms with E-state index in [-0.39, 0.29) is 0 Å². The van der Waals surface area contributed by atoms with Crippen LogP contribution in [0.25, 0.3) is 44.3 Å². The van der Waals surface area contributed by atoms with Crippen LogP contribution in [0.15, 0.2) is 73.1 Å². The quantitative estimate of drug-likeness (QED) is 0.165. The van der Waals surface area contributed by atoms with Gasteiger partial charge < -0.3 is 27.3 Å². The Morgan fingerprint density at radius 3 is 1.67 bits per heavy atom. The molecular weight excluding hydrogens is 544 g/mol. The number of ether oxygens (including phenoxy) is 1. The smallest absolute Gasteiger partial charge is 0.407 e. The van der Waals surface area contributed by atoms with Crippen LogP contribution >= 0.6 is 0 Å². The number of H-pyrrole nitrogens is 2. The van der Waals surface area contributed by atoms with Gasteiger partial charge in [-0.05, 0) is 55.2 Å². The Bertz CT molecular complexity index is 1850. The van der Waals surface area contributed by atoms with Gasteiger partial charge in [-0.3, -0.25) is 10.2 Å². The van der Waals surface area contributed by atoms with E-state index < -0.39 is 11.7 Å². The Labute approximate surface area is 248 Å². The van der Waals surface area contributed by atoms with Crippen LogP contribution in [0.2, 0.25) is 0 Å². The van der Waals surface area contributed by atoms with E-state index in [2.05, 4.69) is 35.7 Å². The van der Waals surface area contributed by atoms with E-state index in [1.54, 1.807) is 12.4 Å². The maximum Gasteiger partial charge on any atom is 0.407 e. The number of aromatic nitrogens is 6. The first kappa shape index (κ1) is 29.0. The molecule has 12 heteroatoms. The average Bonchev–Trinajstić information content (AvgIpc) is 3.57. The molecule has 9 N–H and O–H groups in total. The van der Waals surface area contributed by atoms with Crippen molar-refractivity contribution in [3.8, 4) is 22.3 Å². The first-order valence-electron chi connectivity index (χ1n) is 13.6. The minimum absolute atomic E-state index is 0.404. The Kier molecular flexibility index (Phi) is 8.21. The summed E-state index contributed by atoms with van der Waals surface area (Å²) in [6.07, 6.45) is 3.12. The number of nitrogens with zero attached hydrogens (tertiary/aromatic N) is 4. The molecule has 0 bridgehead atoms. The third-order valence-corrected chi connectivity index (χ3v) is 6.52. The monoisotopic (exact) mass is 578 g/mol. The molecule has 0 radical (unpaired) electrons. The fourth-order valence-corrected chi connectivity index (χ4v) is 4.29. The van der Waals surface area contributed by atoms with Crippen LogP contribution in [0.3, 0.4) is 0 Å². The largest absolute Gasteiger partial charge is 0.444 e. The van der Waals surface area contributed by atoms with Gasteiger partial charge in [-0.1, -0.05) is 48.5 Å². The number of amides is 1. The second-order valence-corrected chi connectivity index (χ2v) is 10.9. The van der Waals surface area contributed by atoms with Gasteiger partial charge in [0.1, 0.15) is 17.2 Å². The third-order valence-electron chi connectivity index (χ3n) is 6.52. The van der Waals surface area contributed by atoms with Crippen LogP contribution in [0, 0.1) is 0 Å². The molecule has 220 valence electrons. The summed E-state index contributed by atoms with van der Waals surface area (Å²) < 4.78 is 5.22. The highest BCUT2D eigenvalue weighted by Crippen LogP contribution is 2.26. The molecule has 0 aliphatic carbocycles. The van der Waals surface area contributed by atoms with Crippen LogP contribution in [0.5, 0.6) is 0 Å². The number of alkyl carbamates (subject to hydrolysis) is 1. The van der Waals surface area contributed by atoms with Crippen LogP contribution < -0.4 is 22.5 Å². The molecule has 4 heterocycles. The number of pyridine rings is 2. The van der Waals surface area contributed by atoms with Crippen molar-refractivity contribution in [1.82, 2.24) is 35.7 Å². The van der Waals surface area contributed by atoms with Crippen molar-refractivity contribution in [2.24, 2.45) is 5.73 Å². The number of hydrogen-bond donors (Lipinski definition) is 6. The molecule has 0 spiro atoms. The highest BCUT2D eigenvalue weighted by molar-refractivity contribution is 5.90. The van der Waals surface area contributed by atoms with Crippen molar-refractivity contribution < 1.29 is 9.53 Å². The lowest BCUT2D eigenvalue weighted by Gasteiger charge is -2.19. The van der Waals surface area contributed by atoms with Crippen molar-refractivity contribution in [1.29, 1.82) is 0 Å². The van der Waals surface area contributed by atoms with Gasteiger partial charge in [-0.15, -0.1) is 0 Å². The molecule has 0 aliphatic rings. The third kappa shape index (κ3) is 7.05. The van der Waals surface area contributed by atoms with Gasteiger partial charge in [0.15, 0.2) is 11.3 Å². The van der Waals surface area contributed by atoms with Crippen molar-refractivity contribution in [2.45, 2.75) is 39.5 Å². The summed E-state index contributed by atoms with van der Waals surface area (Å²) in [7, 11) is 0. The van der Waals surface area contributed by atoms with E-state index in [9.17, 15) is 4.79 Å². The standard InChI is InChI=1S/C18H21N5O2.C13H13N5/c1-18(2,3)25-17(24)21-9-11-4-6-12(7-5-11)13-8-14-15(19)22-23-16(14)20-10-13;14-6-8-1-3-9(4-2-8)10-5-11-12(15)17-18-13(11)16-7-10/h4-8,10H,9H2,1-3H3,(H,21,24)(H3,19,20,22,23);1-5,7H,6,14H2,(H3,15,16,17,18). The molecule has 2 aromatic carbocycles. The minimum Gasteiger partial charge on any atom is -0.444 e. The fourth-order valence-electron chi connectivity index (χ4n) is 4.29. The van der Waals surface area contributed by atoms with E-state index in [1.165, 1.54) is 0 Å². The number of nitrogen functional groups attached to an aromatic ring is 2. The van der Waals surface area contributed by atoms with E-state index in [1.807, 2.05) is 81.4 Å². The summed E-state index contributed by atoms with van der Waals surface area (Å²) in [6.45, 7) is 6.45. The molecule has 0 saturated heterocycles. The predicted molar refractivity (Wildman–Crippen MR) is 168 cm³/mol. The van der Waals surface area contributed by atoms with Gasteiger partial charge in [-0.2, -0.15) is 10.2 Å². The summed E-state index contributed by atoms with van der Waals surface area (Å²) >= 11 is 0. The van der Waals surface area contributed by atoms with Crippen molar-refractivity contribution >= 4 is 39.8 Å². The zero-order valence-corrected chi connectivity index (χ0v) is 24.2. The van der Waals surface area contributed by atoms with Crippen LogP contribution in [-0.4, -0.2) is 42.1 Å². The molecular formula is C31H34N10O2. The number of nitrogens with two attached hydrogens (primary N) is 3. The Hall–Kier alpha value is -5.49. The number of nitrogens with one attached hydrogen (secondary N) is 3. The van der Waals surface area contributed by atoms with E-state index in [0.717, 1.165) is 44.2 Å². The summed E-state index contributed by atoms with van der Waals surface area (Å²) in [4.78, 5) is 20.3. The molecule has 0 fully saturated rings. The number of carbonyl (C=O) groups is 1. The van der Waals surface area contributed by atoms with Gasteiger partial charge in [0.05, 0.1) is 10.8 Å². The number of carbonyl (C=O) groups excluding carboxylic acids is 1. The van der Waals surface area contributed by atoms with Crippen molar-refractivity contribution in [3.05, 3.63) is 84.2 Å². The van der Waals surface area contributed by atoms with Crippen LogP contribution in [0.1, 0.15) is 31.9 Å². The zero-order valence-electron chi connectivity index (χ0n) is 24.2.